The summed E-state index contributed by atoms with van der Waals surface area (Å²) in [5.41, 5.74) is 0.368. The third-order valence-electron chi connectivity index (χ3n) is 3.57. The number of non-ortho nitro benzene ring substituents is 1. The summed E-state index contributed by atoms with van der Waals surface area (Å²) < 4.78 is 1.56. The lowest BCUT2D eigenvalue weighted by Crippen LogP contribution is -2.36. The molecule has 0 unspecified atom stereocenters. The van der Waals surface area contributed by atoms with Gasteiger partial charge in [0.1, 0.15) is 5.82 Å². The van der Waals surface area contributed by atoms with Gasteiger partial charge < -0.3 is 5.32 Å². The Morgan fingerprint density at radius 2 is 2.17 bits per heavy atom. The molecule has 1 aliphatic heterocycles. The molecule has 2 aromatic rings. The molecule has 1 aromatic carbocycles. The second kappa shape index (κ2) is 6.07. The minimum Gasteiger partial charge on any atom is -0.326 e. The molecule has 0 saturated heterocycles. The molecule has 2 N–H and O–H groups in total. The first-order valence-electron chi connectivity index (χ1n) is 7.19. The summed E-state index contributed by atoms with van der Waals surface area (Å²) in [7, 11) is 0. The summed E-state index contributed by atoms with van der Waals surface area (Å²) in [5.74, 6) is -0.277. The van der Waals surface area contributed by atoms with Crippen LogP contribution in [0.5, 0.6) is 0 Å². The van der Waals surface area contributed by atoms with E-state index in [2.05, 4.69) is 20.7 Å². The van der Waals surface area contributed by atoms with Crippen molar-refractivity contribution in [2.75, 3.05) is 10.6 Å². The van der Waals surface area contributed by atoms with Gasteiger partial charge in [-0.1, -0.05) is 0 Å². The van der Waals surface area contributed by atoms with E-state index >= 15 is 0 Å². The topological polar surface area (TPSA) is 132 Å². The predicted octanol–water partition coefficient (Wildman–Crippen LogP) is 1.09. The summed E-state index contributed by atoms with van der Waals surface area (Å²) in [6.45, 7) is 1.99. The van der Waals surface area contributed by atoms with Crippen LogP contribution in [0.4, 0.5) is 17.3 Å². The fraction of sp³-hybridized carbons (Fsp3) is 0.286. The van der Waals surface area contributed by atoms with Crippen molar-refractivity contribution in [3.05, 3.63) is 40.2 Å². The summed E-state index contributed by atoms with van der Waals surface area (Å²) in [4.78, 5) is 38.3. The number of nitro benzene ring substituents is 1. The number of hydrogen-bond donors (Lipinski definition) is 2. The van der Waals surface area contributed by atoms with Gasteiger partial charge in [0.05, 0.1) is 17.4 Å². The minimum absolute atomic E-state index is 0.0266. The fourth-order valence-electron chi connectivity index (χ4n) is 2.44. The van der Waals surface area contributed by atoms with E-state index in [1.54, 1.807) is 11.6 Å². The van der Waals surface area contributed by atoms with Crippen LogP contribution in [-0.4, -0.2) is 31.5 Å². The lowest BCUT2D eigenvalue weighted by molar-refractivity contribution is -0.384. The summed E-state index contributed by atoms with van der Waals surface area (Å²) in [5, 5.41) is 20.0. The molecule has 0 fully saturated rings. The Bertz CT molecular complexity index is 813. The third-order valence-corrected chi connectivity index (χ3v) is 3.57. The lowest BCUT2D eigenvalue weighted by atomic mass is 10.0. The number of benzene rings is 1. The molecule has 1 aliphatic rings. The zero-order valence-corrected chi connectivity index (χ0v) is 12.7. The van der Waals surface area contributed by atoms with E-state index in [0.717, 1.165) is 0 Å². The van der Waals surface area contributed by atoms with E-state index in [0.29, 0.717) is 17.5 Å². The number of aryl methyl sites for hydroxylation is 1. The Balaban J connectivity index is 1.62. The standard InChI is InChI=1S/C14H14N6O4/c1-8-15-14-17-13(22)9(7-19(14)18-8)6-12(21)16-10-2-4-11(5-3-10)20(23)24/h2-5,9H,6-7H2,1H3,(H,16,21)(H,15,17,18,22)/t9-/m1/s1. The monoisotopic (exact) mass is 330 g/mol. The second-order valence-electron chi connectivity index (χ2n) is 5.41. The van der Waals surface area contributed by atoms with Gasteiger partial charge in [-0.25, -0.2) is 4.68 Å². The van der Waals surface area contributed by atoms with E-state index in [4.69, 9.17) is 0 Å². The van der Waals surface area contributed by atoms with Crippen molar-refractivity contribution in [1.82, 2.24) is 14.8 Å². The van der Waals surface area contributed by atoms with Crippen LogP contribution >= 0.6 is 0 Å². The number of amides is 2. The van der Waals surface area contributed by atoms with Crippen LogP contribution in [0, 0.1) is 23.0 Å². The van der Waals surface area contributed by atoms with Crippen molar-refractivity contribution >= 4 is 29.1 Å². The molecule has 0 bridgehead atoms. The Labute approximate surface area is 136 Å². The van der Waals surface area contributed by atoms with Crippen LogP contribution in [0.25, 0.3) is 0 Å². The van der Waals surface area contributed by atoms with Crippen LogP contribution in [0.3, 0.4) is 0 Å². The Kier molecular flexibility index (Phi) is 3.94. The SMILES string of the molecule is Cc1nc2n(n1)C[C@@H](CC(=O)Nc1ccc([N+](=O)[O-])cc1)C(=O)N2. The van der Waals surface area contributed by atoms with Crippen molar-refractivity contribution in [2.45, 2.75) is 19.9 Å². The normalized spacial score (nSPS) is 16.2. The highest BCUT2D eigenvalue weighted by Gasteiger charge is 2.29. The highest BCUT2D eigenvalue weighted by Crippen LogP contribution is 2.20. The number of carbonyl (C=O) groups is 2. The zero-order chi connectivity index (χ0) is 17.3. The van der Waals surface area contributed by atoms with Gasteiger partial charge in [-0.2, -0.15) is 10.1 Å². The minimum atomic E-state index is -0.559. The first-order valence-corrected chi connectivity index (χ1v) is 7.19. The van der Waals surface area contributed by atoms with E-state index in [-0.39, 0.29) is 30.5 Å². The number of carbonyl (C=O) groups excluding carboxylic acids is 2. The molecule has 3 rings (SSSR count). The molecule has 0 radical (unpaired) electrons. The van der Waals surface area contributed by atoms with Gasteiger partial charge in [0.15, 0.2) is 0 Å². The highest BCUT2D eigenvalue weighted by molar-refractivity contribution is 5.98. The second-order valence-corrected chi connectivity index (χ2v) is 5.41. The number of anilines is 2. The van der Waals surface area contributed by atoms with Gasteiger partial charge in [-0.15, -0.1) is 0 Å². The third kappa shape index (κ3) is 3.21. The number of fused-ring (bicyclic) bond motifs is 1. The summed E-state index contributed by atoms with van der Waals surface area (Å²) in [6.07, 6.45) is -0.0266. The van der Waals surface area contributed by atoms with Gasteiger partial charge >= 0.3 is 0 Å². The average Bonchev–Trinajstić information content (AvgIpc) is 2.87. The van der Waals surface area contributed by atoms with E-state index in [9.17, 15) is 19.7 Å². The van der Waals surface area contributed by atoms with Crippen molar-refractivity contribution in [3.63, 3.8) is 0 Å². The molecule has 0 aliphatic carbocycles. The number of rotatable bonds is 4. The number of aromatic nitrogens is 3. The molecular weight excluding hydrogens is 316 g/mol. The van der Waals surface area contributed by atoms with Gasteiger partial charge in [-0.05, 0) is 19.1 Å². The maximum Gasteiger partial charge on any atom is 0.269 e. The van der Waals surface area contributed by atoms with Crippen LogP contribution < -0.4 is 10.6 Å². The smallest absolute Gasteiger partial charge is 0.269 e. The number of hydrogen-bond acceptors (Lipinski definition) is 6. The number of nitrogens with one attached hydrogen (secondary N) is 2. The van der Waals surface area contributed by atoms with Gasteiger partial charge in [0.2, 0.25) is 17.8 Å². The van der Waals surface area contributed by atoms with Crippen LogP contribution in [0.1, 0.15) is 12.2 Å². The molecule has 2 heterocycles. The van der Waals surface area contributed by atoms with Crippen molar-refractivity contribution < 1.29 is 14.5 Å². The largest absolute Gasteiger partial charge is 0.326 e. The maximum atomic E-state index is 12.1. The van der Waals surface area contributed by atoms with Crippen molar-refractivity contribution in [1.29, 1.82) is 0 Å². The van der Waals surface area contributed by atoms with Crippen molar-refractivity contribution in [3.8, 4) is 0 Å². The number of nitrogens with zero attached hydrogens (tertiary/aromatic N) is 4. The zero-order valence-electron chi connectivity index (χ0n) is 12.7. The number of nitro groups is 1. The van der Waals surface area contributed by atoms with Gasteiger partial charge in [0, 0.05) is 24.2 Å². The van der Waals surface area contributed by atoms with Gasteiger partial charge in [-0.3, -0.25) is 25.0 Å². The van der Waals surface area contributed by atoms with Crippen LogP contribution in [0.2, 0.25) is 0 Å². The Morgan fingerprint density at radius 1 is 1.46 bits per heavy atom. The maximum absolute atomic E-state index is 12.1. The molecule has 124 valence electrons. The predicted molar refractivity (Wildman–Crippen MR) is 83.2 cm³/mol. The van der Waals surface area contributed by atoms with Crippen molar-refractivity contribution in [2.24, 2.45) is 5.92 Å². The van der Waals surface area contributed by atoms with Gasteiger partial charge in [0.25, 0.3) is 5.69 Å². The summed E-state index contributed by atoms with van der Waals surface area (Å²) >= 11 is 0. The van der Waals surface area contributed by atoms with E-state index in [1.165, 1.54) is 24.3 Å². The summed E-state index contributed by atoms with van der Waals surface area (Å²) in [6, 6.07) is 5.48. The Morgan fingerprint density at radius 3 is 2.83 bits per heavy atom. The lowest BCUT2D eigenvalue weighted by Gasteiger charge is -2.21. The molecule has 0 spiro atoms. The molecule has 1 aromatic heterocycles. The molecule has 2 amide bonds. The Hall–Kier alpha value is -3.30. The molecule has 10 heteroatoms. The molecule has 10 nitrogen and oxygen atoms in total. The first-order chi connectivity index (χ1) is 11.4. The molecule has 24 heavy (non-hydrogen) atoms. The average molecular weight is 330 g/mol. The molecule has 0 saturated carbocycles. The highest BCUT2D eigenvalue weighted by atomic mass is 16.6. The quantitative estimate of drug-likeness (QED) is 0.637. The molecular formula is C14H14N6O4. The van der Waals surface area contributed by atoms with E-state index in [1.807, 2.05) is 0 Å². The fourth-order valence-corrected chi connectivity index (χ4v) is 2.44. The first kappa shape index (κ1) is 15.6. The van der Waals surface area contributed by atoms with Crippen LogP contribution in [-0.2, 0) is 16.1 Å². The van der Waals surface area contributed by atoms with E-state index < -0.39 is 10.8 Å². The molecule has 1 atom stereocenters. The van der Waals surface area contributed by atoms with Crippen LogP contribution in [0.15, 0.2) is 24.3 Å².